The summed E-state index contributed by atoms with van der Waals surface area (Å²) in [6.07, 6.45) is 2.17. The average molecular weight is 244 g/mol. The molecule has 0 aliphatic rings. The summed E-state index contributed by atoms with van der Waals surface area (Å²) in [6.45, 7) is 3.92. The van der Waals surface area contributed by atoms with Crippen LogP contribution in [-0.2, 0) is 6.42 Å². The van der Waals surface area contributed by atoms with Gasteiger partial charge in [0.05, 0.1) is 5.69 Å². The van der Waals surface area contributed by atoms with Crippen molar-refractivity contribution < 1.29 is 9.32 Å². The van der Waals surface area contributed by atoms with Gasteiger partial charge in [-0.2, -0.15) is 0 Å². The van der Waals surface area contributed by atoms with Crippen molar-refractivity contribution in [3.63, 3.8) is 0 Å². The van der Waals surface area contributed by atoms with Crippen LogP contribution in [0.1, 0.15) is 35.2 Å². The predicted molar refractivity (Wildman–Crippen MR) is 69.6 cm³/mol. The number of amides is 1. The van der Waals surface area contributed by atoms with E-state index < -0.39 is 0 Å². The molecule has 0 atom stereocenters. The molecule has 0 spiro atoms. The molecular formula is C14H16N2O2. The molecule has 0 unspecified atom stereocenters. The number of nitrogens with zero attached hydrogens (tertiary/aromatic N) is 1. The van der Waals surface area contributed by atoms with Crippen LogP contribution < -0.4 is 5.32 Å². The maximum atomic E-state index is 11.8. The van der Waals surface area contributed by atoms with Crippen LogP contribution >= 0.6 is 0 Å². The van der Waals surface area contributed by atoms with Crippen LogP contribution in [0.5, 0.6) is 0 Å². The highest BCUT2D eigenvalue weighted by molar-refractivity contribution is 6.02. The van der Waals surface area contributed by atoms with E-state index in [1.165, 1.54) is 5.56 Å². The lowest BCUT2D eigenvalue weighted by Gasteiger charge is -2.04. The van der Waals surface area contributed by atoms with Crippen LogP contribution in [0.15, 0.2) is 34.9 Å². The number of rotatable bonds is 4. The van der Waals surface area contributed by atoms with Crippen molar-refractivity contribution >= 4 is 11.6 Å². The molecule has 0 saturated carbocycles. The third-order valence-electron chi connectivity index (χ3n) is 2.60. The van der Waals surface area contributed by atoms with Gasteiger partial charge in [0, 0.05) is 11.8 Å². The van der Waals surface area contributed by atoms with E-state index in [-0.39, 0.29) is 11.7 Å². The van der Waals surface area contributed by atoms with Gasteiger partial charge in [-0.1, -0.05) is 30.6 Å². The standard InChI is InChI=1S/C14H16N2O2/c1-3-4-11-5-7-12(8-6-11)15-14(17)13-9-10(2)16-18-13/h5-9H,3-4H2,1-2H3,(H,15,17). The second kappa shape index (κ2) is 5.49. The Hall–Kier alpha value is -2.10. The quantitative estimate of drug-likeness (QED) is 0.898. The van der Waals surface area contributed by atoms with Gasteiger partial charge in [-0.25, -0.2) is 0 Å². The number of hydrogen-bond acceptors (Lipinski definition) is 3. The molecule has 2 rings (SSSR count). The summed E-state index contributed by atoms with van der Waals surface area (Å²) >= 11 is 0. The first-order valence-electron chi connectivity index (χ1n) is 6.02. The first-order chi connectivity index (χ1) is 8.69. The van der Waals surface area contributed by atoms with Crippen molar-refractivity contribution in [3.05, 3.63) is 47.3 Å². The van der Waals surface area contributed by atoms with Crippen molar-refractivity contribution in [2.45, 2.75) is 26.7 Å². The fourth-order valence-electron chi connectivity index (χ4n) is 1.71. The number of aromatic nitrogens is 1. The molecule has 1 amide bonds. The van der Waals surface area contributed by atoms with Crippen molar-refractivity contribution in [2.75, 3.05) is 5.32 Å². The topological polar surface area (TPSA) is 55.1 Å². The van der Waals surface area contributed by atoms with Crippen LogP contribution in [0.3, 0.4) is 0 Å². The van der Waals surface area contributed by atoms with Gasteiger partial charge in [0.25, 0.3) is 5.91 Å². The van der Waals surface area contributed by atoms with Gasteiger partial charge >= 0.3 is 0 Å². The van der Waals surface area contributed by atoms with E-state index in [1.54, 1.807) is 13.0 Å². The Kier molecular flexibility index (Phi) is 3.77. The summed E-state index contributed by atoms with van der Waals surface area (Å²) in [7, 11) is 0. The van der Waals surface area contributed by atoms with Crippen molar-refractivity contribution in [1.29, 1.82) is 0 Å². The van der Waals surface area contributed by atoms with E-state index in [9.17, 15) is 4.79 Å². The Balaban J connectivity index is 2.03. The number of carbonyl (C=O) groups excluding carboxylic acids is 1. The van der Waals surface area contributed by atoms with Crippen LogP contribution in [0.4, 0.5) is 5.69 Å². The van der Waals surface area contributed by atoms with Gasteiger partial charge < -0.3 is 9.84 Å². The maximum absolute atomic E-state index is 11.8. The zero-order valence-corrected chi connectivity index (χ0v) is 10.6. The molecule has 1 heterocycles. The molecule has 1 aromatic heterocycles. The number of hydrogen-bond donors (Lipinski definition) is 1. The monoisotopic (exact) mass is 244 g/mol. The lowest BCUT2D eigenvalue weighted by molar-refractivity contribution is 0.0988. The smallest absolute Gasteiger partial charge is 0.294 e. The van der Waals surface area contributed by atoms with Crippen LogP contribution in [0, 0.1) is 6.92 Å². The zero-order valence-electron chi connectivity index (χ0n) is 10.6. The fraction of sp³-hybridized carbons (Fsp3) is 0.286. The Bertz CT molecular complexity index is 529. The SMILES string of the molecule is CCCc1ccc(NC(=O)c2cc(C)no2)cc1. The molecule has 1 N–H and O–H groups in total. The molecular weight excluding hydrogens is 228 g/mol. The van der Waals surface area contributed by atoms with E-state index >= 15 is 0 Å². The number of anilines is 1. The normalized spacial score (nSPS) is 10.3. The summed E-state index contributed by atoms with van der Waals surface area (Å²) in [5, 5.41) is 6.45. The summed E-state index contributed by atoms with van der Waals surface area (Å²) in [4.78, 5) is 11.8. The van der Waals surface area contributed by atoms with Gasteiger partial charge in [-0.05, 0) is 31.0 Å². The van der Waals surface area contributed by atoms with Gasteiger partial charge in [0.2, 0.25) is 5.76 Å². The molecule has 1 aromatic carbocycles. The average Bonchev–Trinajstić information content (AvgIpc) is 2.79. The molecule has 0 bridgehead atoms. The molecule has 0 aliphatic carbocycles. The molecule has 2 aromatic rings. The molecule has 0 radical (unpaired) electrons. The maximum Gasteiger partial charge on any atom is 0.294 e. The summed E-state index contributed by atoms with van der Waals surface area (Å²) in [5.74, 6) is -0.0519. The molecule has 4 heteroatoms. The summed E-state index contributed by atoms with van der Waals surface area (Å²) in [5.41, 5.74) is 2.72. The second-order valence-corrected chi connectivity index (χ2v) is 4.23. The molecule has 4 nitrogen and oxygen atoms in total. The molecule has 0 saturated heterocycles. The van der Waals surface area contributed by atoms with E-state index in [1.807, 2.05) is 24.3 Å². The summed E-state index contributed by atoms with van der Waals surface area (Å²) in [6, 6.07) is 9.44. The van der Waals surface area contributed by atoms with Crippen LogP contribution in [0.2, 0.25) is 0 Å². The number of nitrogens with one attached hydrogen (secondary N) is 1. The van der Waals surface area contributed by atoms with Crippen molar-refractivity contribution in [2.24, 2.45) is 0 Å². The number of benzene rings is 1. The third-order valence-corrected chi connectivity index (χ3v) is 2.60. The van der Waals surface area contributed by atoms with Gasteiger partial charge in [0.15, 0.2) is 0 Å². The van der Waals surface area contributed by atoms with E-state index in [0.29, 0.717) is 5.69 Å². The first-order valence-corrected chi connectivity index (χ1v) is 6.02. The Labute approximate surface area is 106 Å². The highest BCUT2D eigenvalue weighted by Crippen LogP contribution is 2.13. The van der Waals surface area contributed by atoms with Crippen molar-refractivity contribution in [1.82, 2.24) is 5.16 Å². The minimum atomic E-state index is -0.279. The predicted octanol–water partition coefficient (Wildman–Crippen LogP) is 3.19. The summed E-state index contributed by atoms with van der Waals surface area (Å²) < 4.78 is 4.90. The first kappa shape index (κ1) is 12.4. The fourth-order valence-corrected chi connectivity index (χ4v) is 1.71. The van der Waals surface area contributed by atoms with Gasteiger partial charge in [0.1, 0.15) is 0 Å². The number of carbonyl (C=O) groups is 1. The highest BCUT2D eigenvalue weighted by atomic mass is 16.5. The lowest BCUT2D eigenvalue weighted by atomic mass is 10.1. The van der Waals surface area contributed by atoms with Crippen LogP contribution in [0.25, 0.3) is 0 Å². The van der Waals surface area contributed by atoms with E-state index in [0.717, 1.165) is 18.5 Å². The molecule has 94 valence electrons. The molecule has 18 heavy (non-hydrogen) atoms. The highest BCUT2D eigenvalue weighted by Gasteiger charge is 2.11. The Morgan fingerprint density at radius 3 is 2.61 bits per heavy atom. The molecule has 0 fully saturated rings. The third kappa shape index (κ3) is 2.97. The Morgan fingerprint density at radius 1 is 1.33 bits per heavy atom. The zero-order chi connectivity index (χ0) is 13.0. The Morgan fingerprint density at radius 2 is 2.06 bits per heavy atom. The number of aryl methyl sites for hydroxylation is 2. The minimum Gasteiger partial charge on any atom is -0.351 e. The van der Waals surface area contributed by atoms with E-state index in [4.69, 9.17) is 4.52 Å². The van der Waals surface area contributed by atoms with Crippen molar-refractivity contribution in [3.8, 4) is 0 Å². The second-order valence-electron chi connectivity index (χ2n) is 4.23. The van der Waals surface area contributed by atoms with Gasteiger partial charge in [-0.15, -0.1) is 0 Å². The lowest BCUT2D eigenvalue weighted by Crippen LogP contribution is -2.10. The van der Waals surface area contributed by atoms with E-state index in [2.05, 4.69) is 17.4 Å². The van der Waals surface area contributed by atoms with Crippen LogP contribution in [-0.4, -0.2) is 11.1 Å². The molecule has 0 aliphatic heterocycles. The largest absolute Gasteiger partial charge is 0.351 e. The van der Waals surface area contributed by atoms with Gasteiger partial charge in [-0.3, -0.25) is 4.79 Å². The minimum absolute atomic E-state index is 0.227.